The fourth-order valence-electron chi connectivity index (χ4n) is 2.76. The van der Waals surface area contributed by atoms with Crippen molar-refractivity contribution in [2.24, 2.45) is 0 Å². The Labute approximate surface area is 147 Å². The maximum Gasteiger partial charge on any atom is 0.319 e. The molecule has 25 heavy (non-hydrogen) atoms. The molecule has 1 saturated heterocycles. The highest BCUT2D eigenvalue weighted by molar-refractivity contribution is 7.91. The first-order valence-electron chi connectivity index (χ1n) is 7.82. The van der Waals surface area contributed by atoms with E-state index in [0.717, 1.165) is 0 Å². The van der Waals surface area contributed by atoms with Crippen LogP contribution in [0, 0.1) is 6.92 Å². The van der Waals surface area contributed by atoms with Crippen LogP contribution in [0.1, 0.15) is 18.9 Å². The molecule has 1 heterocycles. The van der Waals surface area contributed by atoms with Gasteiger partial charge in [0.15, 0.2) is 9.84 Å². The Balaban J connectivity index is 2.05. The van der Waals surface area contributed by atoms with Crippen LogP contribution in [0.25, 0.3) is 0 Å². The van der Waals surface area contributed by atoms with Crippen molar-refractivity contribution in [3.63, 3.8) is 0 Å². The number of ether oxygens (including phenoxy) is 1. The fraction of sp³-hybridized carbons (Fsp3) is 0.500. The zero-order chi connectivity index (χ0) is 18.7. The molecule has 0 aromatic heterocycles. The second kappa shape index (κ2) is 7.40. The molecule has 1 aromatic rings. The van der Waals surface area contributed by atoms with Gasteiger partial charge in [0.25, 0.3) is 0 Å². The zero-order valence-corrected chi connectivity index (χ0v) is 15.3. The Hall–Kier alpha value is -2.13. The number of nitrogens with one attached hydrogen (secondary N) is 3. The summed E-state index contributed by atoms with van der Waals surface area (Å²) >= 11 is 0. The minimum absolute atomic E-state index is 0.0651. The molecule has 138 valence electrons. The van der Waals surface area contributed by atoms with Crippen molar-refractivity contribution >= 4 is 33.2 Å². The van der Waals surface area contributed by atoms with Crippen LogP contribution in [0.5, 0.6) is 0 Å². The van der Waals surface area contributed by atoms with Crippen molar-refractivity contribution in [1.82, 2.24) is 5.32 Å². The highest BCUT2D eigenvalue weighted by Crippen LogP contribution is 2.25. The summed E-state index contributed by atoms with van der Waals surface area (Å²) in [4.78, 5) is 23.9. The normalized spacial score (nSPS) is 21.6. The lowest BCUT2D eigenvalue weighted by Gasteiger charge is -2.24. The van der Waals surface area contributed by atoms with Crippen LogP contribution in [0.3, 0.4) is 0 Å². The lowest BCUT2D eigenvalue weighted by atomic mass is 10.0. The van der Waals surface area contributed by atoms with Crippen LogP contribution < -0.4 is 16.0 Å². The molecule has 3 amide bonds. The lowest BCUT2D eigenvalue weighted by molar-refractivity contribution is -0.119. The van der Waals surface area contributed by atoms with Gasteiger partial charge in [-0.2, -0.15) is 0 Å². The summed E-state index contributed by atoms with van der Waals surface area (Å²) in [5.74, 6) is -0.292. The standard InChI is InChI=1S/C16H23N3O5S/c1-11-12(17-14(20)9-24-3)5-4-6-13(11)18-15(21)19-16(2)7-8-25(22,23)10-16/h4-6H,7-10H2,1-3H3,(H,17,20)(H2,18,19,21)/t16-/m0/s1. The summed E-state index contributed by atoms with van der Waals surface area (Å²) in [6, 6.07) is 4.64. The van der Waals surface area contributed by atoms with Crippen LogP contribution >= 0.6 is 0 Å². The first-order valence-corrected chi connectivity index (χ1v) is 9.64. The molecule has 1 atom stereocenters. The van der Waals surface area contributed by atoms with E-state index in [1.165, 1.54) is 7.11 Å². The van der Waals surface area contributed by atoms with Crippen molar-refractivity contribution in [1.29, 1.82) is 0 Å². The maximum absolute atomic E-state index is 12.2. The average Bonchev–Trinajstić information content (AvgIpc) is 2.76. The number of carbonyl (C=O) groups excluding carboxylic acids is 2. The number of benzene rings is 1. The first kappa shape index (κ1) is 19.2. The highest BCUT2D eigenvalue weighted by atomic mass is 32.2. The predicted molar refractivity (Wildman–Crippen MR) is 95.5 cm³/mol. The first-order chi connectivity index (χ1) is 11.6. The van der Waals surface area contributed by atoms with E-state index in [2.05, 4.69) is 16.0 Å². The average molecular weight is 369 g/mol. The van der Waals surface area contributed by atoms with Crippen molar-refractivity contribution in [2.75, 3.05) is 35.9 Å². The largest absolute Gasteiger partial charge is 0.375 e. The Bertz CT molecular complexity index is 778. The van der Waals surface area contributed by atoms with Gasteiger partial charge >= 0.3 is 6.03 Å². The predicted octanol–water partition coefficient (Wildman–Crippen LogP) is 1.28. The molecule has 1 aliphatic heterocycles. The van der Waals surface area contributed by atoms with Gasteiger partial charge < -0.3 is 20.7 Å². The molecule has 1 fully saturated rings. The third kappa shape index (κ3) is 5.17. The van der Waals surface area contributed by atoms with E-state index in [1.807, 2.05) is 0 Å². The zero-order valence-electron chi connectivity index (χ0n) is 14.5. The molecule has 2 rings (SSSR count). The van der Waals surface area contributed by atoms with E-state index in [4.69, 9.17) is 4.74 Å². The minimum Gasteiger partial charge on any atom is -0.375 e. The number of rotatable bonds is 5. The number of hydrogen-bond acceptors (Lipinski definition) is 5. The van der Waals surface area contributed by atoms with E-state index < -0.39 is 21.4 Å². The van der Waals surface area contributed by atoms with E-state index in [-0.39, 0.29) is 24.0 Å². The molecule has 9 heteroatoms. The van der Waals surface area contributed by atoms with Crippen LogP contribution in [0.15, 0.2) is 18.2 Å². The molecule has 0 saturated carbocycles. The number of hydrogen-bond donors (Lipinski definition) is 3. The van der Waals surface area contributed by atoms with Crippen LogP contribution in [-0.2, 0) is 19.4 Å². The Kier molecular flexibility index (Phi) is 5.69. The molecule has 1 aromatic carbocycles. The molecule has 0 spiro atoms. The van der Waals surface area contributed by atoms with E-state index in [9.17, 15) is 18.0 Å². The van der Waals surface area contributed by atoms with Gasteiger partial charge in [-0.25, -0.2) is 13.2 Å². The van der Waals surface area contributed by atoms with Crippen molar-refractivity contribution in [2.45, 2.75) is 25.8 Å². The molecule has 0 radical (unpaired) electrons. The lowest BCUT2D eigenvalue weighted by Crippen LogP contribution is -2.48. The molecule has 1 aliphatic rings. The smallest absolute Gasteiger partial charge is 0.319 e. The Morgan fingerprint density at radius 3 is 2.44 bits per heavy atom. The molecule has 0 unspecified atom stereocenters. The number of anilines is 2. The van der Waals surface area contributed by atoms with Crippen LogP contribution in [0.4, 0.5) is 16.2 Å². The SMILES string of the molecule is COCC(=O)Nc1cccc(NC(=O)N[C@@]2(C)CCS(=O)(=O)C2)c1C. The second-order valence-corrected chi connectivity index (χ2v) is 8.63. The Morgan fingerprint density at radius 1 is 1.24 bits per heavy atom. The third-order valence-corrected chi connectivity index (χ3v) is 5.95. The number of carbonyl (C=O) groups is 2. The summed E-state index contributed by atoms with van der Waals surface area (Å²) in [5, 5.41) is 8.14. The summed E-state index contributed by atoms with van der Waals surface area (Å²) in [5.41, 5.74) is 0.999. The van der Waals surface area contributed by atoms with Gasteiger partial charge in [-0.15, -0.1) is 0 Å². The fourth-order valence-corrected chi connectivity index (χ4v) is 4.85. The number of urea groups is 1. The van der Waals surface area contributed by atoms with Gasteiger partial charge in [-0.05, 0) is 38.0 Å². The summed E-state index contributed by atoms with van der Waals surface area (Å²) in [6.07, 6.45) is 0.384. The van der Waals surface area contributed by atoms with Gasteiger partial charge in [0, 0.05) is 18.5 Å². The van der Waals surface area contributed by atoms with Gasteiger partial charge in [0.05, 0.1) is 17.0 Å². The van der Waals surface area contributed by atoms with E-state index in [0.29, 0.717) is 23.4 Å². The van der Waals surface area contributed by atoms with Gasteiger partial charge in [-0.1, -0.05) is 6.07 Å². The van der Waals surface area contributed by atoms with Crippen molar-refractivity contribution < 1.29 is 22.7 Å². The van der Waals surface area contributed by atoms with E-state index in [1.54, 1.807) is 32.0 Å². The van der Waals surface area contributed by atoms with Gasteiger partial charge in [-0.3, -0.25) is 4.79 Å². The summed E-state index contributed by atoms with van der Waals surface area (Å²) < 4.78 is 28.0. The maximum atomic E-state index is 12.2. The molecule has 3 N–H and O–H groups in total. The molecule has 0 aliphatic carbocycles. The second-order valence-electron chi connectivity index (χ2n) is 6.44. The topological polar surface area (TPSA) is 114 Å². The minimum atomic E-state index is -3.11. The van der Waals surface area contributed by atoms with Crippen molar-refractivity contribution in [3.8, 4) is 0 Å². The van der Waals surface area contributed by atoms with Crippen LogP contribution in [0.2, 0.25) is 0 Å². The molecule has 8 nitrogen and oxygen atoms in total. The molecular formula is C16H23N3O5S. The molecule has 0 bridgehead atoms. The summed E-state index contributed by atoms with van der Waals surface area (Å²) in [7, 11) is -1.68. The van der Waals surface area contributed by atoms with E-state index >= 15 is 0 Å². The number of amides is 3. The highest BCUT2D eigenvalue weighted by Gasteiger charge is 2.39. The Morgan fingerprint density at radius 2 is 1.88 bits per heavy atom. The third-order valence-electron chi connectivity index (χ3n) is 4.05. The van der Waals surface area contributed by atoms with Gasteiger partial charge in [0.1, 0.15) is 6.61 Å². The molecular weight excluding hydrogens is 346 g/mol. The monoisotopic (exact) mass is 369 g/mol. The number of methoxy groups -OCH3 is 1. The quantitative estimate of drug-likeness (QED) is 0.723. The summed E-state index contributed by atoms with van der Waals surface area (Å²) in [6.45, 7) is 3.41. The number of sulfone groups is 1. The van der Waals surface area contributed by atoms with Crippen molar-refractivity contribution in [3.05, 3.63) is 23.8 Å². The van der Waals surface area contributed by atoms with Crippen LogP contribution in [-0.4, -0.2) is 51.1 Å². The van der Waals surface area contributed by atoms with Gasteiger partial charge in [0.2, 0.25) is 5.91 Å².